The first-order valence-electron chi connectivity index (χ1n) is 6.73. The minimum Gasteiger partial charge on any atom is -0.497 e. The summed E-state index contributed by atoms with van der Waals surface area (Å²) in [6, 6.07) is 8.32. The molecule has 19 heavy (non-hydrogen) atoms. The molecule has 0 amide bonds. The van der Waals surface area contributed by atoms with Gasteiger partial charge < -0.3 is 10.1 Å². The highest BCUT2D eigenvalue weighted by Crippen LogP contribution is 2.24. The van der Waals surface area contributed by atoms with Crippen LogP contribution in [0.2, 0.25) is 0 Å². The van der Waals surface area contributed by atoms with Crippen molar-refractivity contribution >= 4 is 16.6 Å². The summed E-state index contributed by atoms with van der Waals surface area (Å²) in [6.45, 7) is 2.92. The number of nitrogens with zero attached hydrogens (tertiary/aromatic N) is 1. The average molecular weight is 254 g/mol. The van der Waals surface area contributed by atoms with Gasteiger partial charge in [0.05, 0.1) is 18.3 Å². The van der Waals surface area contributed by atoms with Crippen molar-refractivity contribution in [2.75, 3.05) is 11.9 Å². The second-order valence-corrected chi connectivity index (χ2v) is 4.92. The summed E-state index contributed by atoms with van der Waals surface area (Å²) in [6.07, 6.45) is 8.16. The van der Waals surface area contributed by atoms with Crippen molar-refractivity contribution < 1.29 is 4.74 Å². The highest BCUT2D eigenvalue weighted by Gasteiger charge is 2.11. The van der Waals surface area contributed by atoms with E-state index in [9.17, 15) is 0 Å². The fourth-order valence-corrected chi connectivity index (χ4v) is 2.43. The second-order valence-electron chi connectivity index (χ2n) is 4.92. The maximum absolute atomic E-state index is 5.58. The molecule has 1 aliphatic heterocycles. The first kappa shape index (κ1) is 12.0. The van der Waals surface area contributed by atoms with Crippen LogP contribution in [0.4, 0.5) is 5.69 Å². The Balaban J connectivity index is 1.81. The van der Waals surface area contributed by atoms with Gasteiger partial charge in [0.25, 0.3) is 0 Å². The molecule has 1 aromatic carbocycles. The lowest BCUT2D eigenvalue weighted by Crippen LogP contribution is -2.23. The van der Waals surface area contributed by atoms with Crippen molar-refractivity contribution in [2.45, 2.75) is 25.9 Å². The Bertz CT molecular complexity index is 607. The Morgan fingerprint density at radius 3 is 3.16 bits per heavy atom. The van der Waals surface area contributed by atoms with Crippen LogP contribution < -0.4 is 5.32 Å². The van der Waals surface area contributed by atoms with E-state index < -0.39 is 0 Å². The van der Waals surface area contributed by atoms with Crippen LogP contribution in [0.1, 0.15) is 18.4 Å². The summed E-state index contributed by atoms with van der Waals surface area (Å²) in [5.74, 6) is 0. The molecule has 1 N–H and O–H groups in total. The van der Waals surface area contributed by atoms with Gasteiger partial charge in [-0.2, -0.15) is 0 Å². The fourth-order valence-electron chi connectivity index (χ4n) is 2.43. The number of pyridine rings is 1. The lowest BCUT2D eigenvalue weighted by molar-refractivity contribution is 0.135. The highest BCUT2D eigenvalue weighted by molar-refractivity contribution is 5.93. The number of anilines is 1. The third kappa shape index (κ3) is 2.55. The lowest BCUT2D eigenvalue weighted by Gasteiger charge is -2.21. The van der Waals surface area contributed by atoms with E-state index in [1.165, 1.54) is 10.9 Å². The van der Waals surface area contributed by atoms with Gasteiger partial charge in [-0.3, -0.25) is 4.98 Å². The molecule has 2 aromatic rings. The van der Waals surface area contributed by atoms with E-state index in [0.29, 0.717) is 0 Å². The molecule has 0 radical (unpaired) electrons. The SMILES string of the molecule is Cc1ccc(NCC2CCC=CO2)c2cccnc12. The third-order valence-electron chi connectivity index (χ3n) is 3.51. The molecule has 0 aliphatic carbocycles. The third-order valence-corrected chi connectivity index (χ3v) is 3.51. The quantitative estimate of drug-likeness (QED) is 0.907. The molecule has 0 spiro atoms. The zero-order valence-corrected chi connectivity index (χ0v) is 11.1. The van der Waals surface area contributed by atoms with Gasteiger partial charge in [-0.15, -0.1) is 0 Å². The number of hydrogen-bond donors (Lipinski definition) is 1. The van der Waals surface area contributed by atoms with Gasteiger partial charge in [0, 0.05) is 17.3 Å². The number of allylic oxidation sites excluding steroid dienone is 1. The van der Waals surface area contributed by atoms with Gasteiger partial charge in [0.1, 0.15) is 6.10 Å². The van der Waals surface area contributed by atoms with Crippen LogP contribution in [0.15, 0.2) is 42.8 Å². The zero-order chi connectivity index (χ0) is 13.1. The molecule has 2 heterocycles. The van der Waals surface area contributed by atoms with Crippen molar-refractivity contribution in [3.05, 3.63) is 48.4 Å². The van der Waals surface area contributed by atoms with Gasteiger partial charge in [-0.25, -0.2) is 0 Å². The summed E-state index contributed by atoms with van der Waals surface area (Å²) < 4.78 is 5.58. The van der Waals surface area contributed by atoms with Crippen LogP contribution in [0.5, 0.6) is 0 Å². The number of nitrogens with one attached hydrogen (secondary N) is 1. The molecule has 1 unspecified atom stereocenters. The molecule has 1 atom stereocenters. The average Bonchev–Trinajstić information content (AvgIpc) is 2.48. The smallest absolute Gasteiger partial charge is 0.115 e. The minimum atomic E-state index is 0.262. The van der Waals surface area contributed by atoms with Crippen molar-refractivity contribution in [1.29, 1.82) is 0 Å². The number of aryl methyl sites for hydroxylation is 1. The van der Waals surface area contributed by atoms with E-state index in [0.717, 1.165) is 30.6 Å². The normalized spacial score (nSPS) is 18.3. The van der Waals surface area contributed by atoms with Crippen LogP contribution in [-0.4, -0.2) is 17.6 Å². The van der Waals surface area contributed by atoms with Crippen molar-refractivity contribution in [2.24, 2.45) is 0 Å². The van der Waals surface area contributed by atoms with Gasteiger partial charge >= 0.3 is 0 Å². The topological polar surface area (TPSA) is 34.1 Å². The van der Waals surface area contributed by atoms with Gasteiger partial charge in [0.2, 0.25) is 0 Å². The van der Waals surface area contributed by atoms with Crippen LogP contribution in [0, 0.1) is 6.92 Å². The summed E-state index contributed by atoms with van der Waals surface area (Å²) in [5, 5.41) is 4.66. The van der Waals surface area contributed by atoms with Crippen LogP contribution >= 0.6 is 0 Å². The van der Waals surface area contributed by atoms with Crippen molar-refractivity contribution in [3.8, 4) is 0 Å². The first-order chi connectivity index (χ1) is 9.34. The molecule has 1 aliphatic rings. The summed E-state index contributed by atoms with van der Waals surface area (Å²) in [5.41, 5.74) is 3.40. The molecule has 3 heteroatoms. The van der Waals surface area contributed by atoms with E-state index in [2.05, 4.69) is 41.5 Å². The van der Waals surface area contributed by atoms with E-state index in [-0.39, 0.29) is 6.10 Å². The van der Waals surface area contributed by atoms with Crippen molar-refractivity contribution in [3.63, 3.8) is 0 Å². The lowest BCUT2D eigenvalue weighted by atomic mass is 10.1. The highest BCUT2D eigenvalue weighted by atomic mass is 16.5. The van der Waals surface area contributed by atoms with Crippen molar-refractivity contribution in [1.82, 2.24) is 4.98 Å². The predicted molar refractivity (Wildman–Crippen MR) is 78.2 cm³/mol. The Labute approximate surface area is 113 Å². The molecular weight excluding hydrogens is 236 g/mol. The number of hydrogen-bond acceptors (Lipinski definition) is 3. The maximum Gasteiger partial charge on any atom is 0.115 e. The molecule has 0 saturated heterocycles. The summed E-state index contributed by atoms with van der Waals surface area (Å²) in [7, 11) is 0. The maximum atomic E-state index is 5.58. The fraction of sp³-hybridized carbons (Fsp3) is 0.312. The largest absolute Gasteiger partial charge is 0.497 e. The van der Waals surface area contributed by atoms with E-state index in [1.807, 2.05) is 18.5 Å². The van der Waals surface area contributed by atoms with Gasteiger partial charge in [-0.05, 0) is 49.6 Å². The predicted octanol–water partition coefficient (Wildman–Crippen LogP) is 3.65. The molecular formula is C16H18N2O. The first-order valence-corrected chi connectivity index (χ1v) is 6.73. The standard InChI is InChI=1S/C16H18N2O/c1-12-7-8-15(14-6-4-9-17-16(12)14)18-11-13-5-2-3-10-19-13/h3-4,6-10,13,18H,2,5,11H2,1H3. The molecule has 3 rings (SSSR count). The monoisotopic (exact) mass is 254 g/mol. The van der Waals surface area contributed by atoms with E-state index >= 15 is 0 Å². The number of ether oxygens (including phenoxy) is 1. The van der Waals surface area contributed by atoms with Crippen LogP contribution in [0.3, 0.4) is 0 Å². The van der Waals surface area contributed by atoms with E-state index in [4.69, 9.17) is 4.74 Å². The zero-order valence-electron chi connectivity index (χ0n) is 11.1. The Morgan fingerprint density at radius 2 is 2.32 bits per heavy atom. The Morgan fingerprint density at radius 1 is 1.37 bits per heavy atom. The summed E-state index contributed by atoms with van der Waals surface area (Å²) in [4.78, 5) is 4.45. The number of rotatable bonds is 3. The van der Waals surface area contributed by atoms with Crippen LogP contribution in [-0.2, 0) is 4.74 Å². The van der Waals surface area contributed by atoms with Gasteiger partial charge in [0.15, 0.2) is 0 Å². The molecule has 0 bridgehead atoms. The van der Waals surface area contributed by atoms with Gasteiger partial charge in [-0.1, -0.05) is 6.07 Å². The minimum absolute atomic E-state index is 0.262. The molecule has 3 nitrogen and oxygen atoms in total. The van der Waals surface area contributed by atoms with Crippen LogP contribution in [0.25, 0.3) is 10.9 Å². The molecule has 0 saturated carbocycles. The molecule has 0 fully saturated rings. The number of aromatic nitrogens is 1. The number of fused-ring (bicyclic) bond motifs is 1. The molecule has 98 valence electrons. The number of benzene rings is 1. The summed E-state index contributed by atoms with van der Waals surface area (Å²) >= 11 is 0. The Hall–Kier alpha value is -2.03. The Kier molecular flexibility index (Phi) is 3.36. The van der Waals surface area contributed by atoms with E-state index in [1.54, 1.807) is 0 Å². The molecule has 1 aromatic heterocycles. The second kappa shape index (κ2) is 5.31.